The smallest absolute Gasteiger partial charge is 0.0914 e. The van der Waals surface area contributed by atoms with Crippen LogP contribution in [0.1, 0.15) is 72.6 Å². The highest BCUT2D eigenvalue weighted by Crippen LogP contribution is 2.23. The van der Waals surface area contributed by atoms with Crippen molar-refractivity contribution in [2.24, 2.45) is 22.1 Å². The van der Waals surface area contributed by atoms with Crippen molar-refractivity contribution in [2.75, 3.05) is 0 Å². The van der Waals surface area contributed by atoms with Crippen molar-refractivity contribution in [3.63, 3.8) is 0 Å². The van der Waals surface area contributed by atoms with Crippen LogP contribution >= 0.6 is 0 Å². The molecule has 104 valence electrons. The second-order valence-corrected chi connectivity index (χ2v) is 6.17. The maximum Gasteiger partial charge on any atom is 0.0914 e. The minimum absolute atomic E-state index is 0.379. The molecule has 0 aromatic heterocycles. The average Bonchev–Trinajstić information content (AvgIpc) is 2.79. The standard InChI is InChI=1S/C16H30N2/c1-5-14(4)8-6-7-9-15-12-16(18-17-15)11-10-13(2)3/h12-15H,5-11H2,1-4H3/t14-,15?/m0/s1. The van der Waals surface area contributed by atoms with Crippen LogP contribution in [0.3, 0.4) is 0 Å². The molecule has 0 aromatic rings. The molecule has 0 radical (unpaired) electrons. The van der Waals surface area contributed by atoms with Gasteiger partial charge in [0, 0.05) is 0 Å². The molecule has 2 heteroatoms. The fourth-order valence-electron chi connectivity index (χ4n) is 2.20. The van der Waals surface area contributed by atoms with Crippen LogP contribution in [0.15, 0.2) is 22.0 Å². The monoisotopic (exact) mass is 250 g/mol. The maximum atomic E-state index is 4.36. The number of unbranched alkanes of at least 4 members (excludes halogenated alkanes) is 1. The number of azo groups is 1. The molecule has 0 aromatic carbocycles. The van der Waals surface area contributed by atoms with E-state index in [1.165, 1.54) is 44.2 Å². The first-order valence-corrected chi connectivity index (χ1v) is 7.73. The van der Waals surface area contributed by atoms with Gasteiger partial charge >= 0.3 is 0 Å². The second kappa shape index (κ2) is 8.44. The van der Waals surface area contributed by atoms with Gasteiger partial charge in [-0.15, -0.1) is 0 Å². The molecule has 1 aliphatic rings. The summed E-state index contributed by atoms with van der Waals surface area (Å²) in [5.41, 5.74) is 1.22. The minimum Gasteiger partial charge on any atom is -0.181 e. The van der Waals surface area contributed by atoms with Gasteiger partial charge in [0.15, 0.2) is 0 Å². The van der Waals surface area contributed by atoms with Gasteiger partial charge in [0.1, 0.15) is 0 Å². The molecule has 2 atom stereocenters. The summed E-state index contributed by atoms with van der Waals surface area (Å²) >= 11 is 0. The van der Waals surface area contributed by atoms with Gasteiger partial charge in [-0.2, -0.15) is 10.2 Å². The van der Waals surface area contributed by atoms with Crippen LogP contribution in [0.4, 0.5) is 0 Å². The molecule has 18 heavy (non-hydrogen) atoms. The van der Waals surface area contributed by atoms with E-state index in [-0.39, 0.29) is 0 Å². The summed E-state index contributed by atoms with van der Waals surface area (Å²) in [6, 6.07) is 0.379. The van der Waals surface area contributed by atoms with E-state index in [1.807, 2.05) is 0 Å². The highest BCUT2D eigenvalue weighted by molar-refractivity contribution is 5.09. The van der Waals surface area contributed by atoms with E-state index in [0.717, 1.165) is 18.3 Å². The summed E-state index contributed by atoms with van der Waals surface area (Å²) in [6.07, 6.45) is 11.1. The Hall–Kier alpha value is -0.660. The molecule has 0 fully saturated rings. The van der Waals surface area contributed by atoms with Gasteiger partial charge in [-0.3, -0.25) is 0 Å². The van der Waals surface area contributed by atoms with Crippen molar-refractivity contribution in [1.29, 1.82) is 0 Å². The van der Waals surface area contributed by atoms with Crippen LogP contribution in [-0.4, -0.2) is 6.04 Å². The van der Waals surface area contributed by atoms with E-state index in [1.54, 1.807) is 0 Å². The Morgan fingerprint density at radius 1 is 1.17 bits per heavy atom. The lowest BCUT2D eigenvalue weighted by atomic mass is 9.99. The van der Waals surface area contributed by atoms with Crippen LogP contribution in [0, 0.1) is 11.8 Å². The predicted molar refractivity (Wildman–Crippen MR) is 78.7 cm³/mol. The average molecular weight is 250 g/mol. The molecule has 0 spiro atoms. The predicted octanol–water partition coefficient (Wildman–Crippen LogP) is 5.75. The summed E-state index contributed by atoms with van der Waals surface area (Å²) in [7, 11) is 0. The van der Waals surface area contributed by atoms with E-state index < -0.39 is 0 Å². The molecule has 0 saturated carbocycles. The molecule has 1 rings (SSSR count). The van der Waals surface area contributed by atoms with Crippen molar-refractivity contribution in [3.05, 3.63) is 11.8 Å². The van der Waals surface area contributed by atoms with Crippen LogP contribution in [0.2, 0.25) is 0 Å². The Morgan fingerprint density at radius 2 is 1.94 bits per heavy atom. The number of nitrogens with zero attached hydrogens (tertiary/aromatic N) is 2. The number of hydrogen-bond donors (Lipinski definition) is 0. The Bertz CT molecular complexity index is 279. The summed E-state index contributed by atoms with van der Waals surface area (Å²) < 4.78 is 0. The normalized spacial score (nSPS) is 20.5. The fraction of sp³-hybridized carbons (Fsp3) is 0.875. The third-order valence-corrected chi connectivity index (χ3v) is 3.84. The van der Waals surface area contributed by atoms with Crippen molar-refractivity contribution < 1.29 is 0 Å². The van der Waals surface area contributed by atoms with Gasteiger partial charge in [0.05, 0.1) is 11.7 Å². The summed E-state index contributed by atoms with van der Waals surface area (Å²) in [5.74, 6) is 1.64. The van der Waals surface area contributed by atoms with Crippen molar-refractivity contribution in [2.45, 2.75) is 78.7 Å². The maximum absolute atomic E-state index is 4.36. The SMILES string of the molecule is CC[C@H](C)CCCCC1C=C(CCC(C)C)N=N1. The molecule has 2 nitrogen and oxygen atoms in total. The van der Waals surface area contributed by atoms with Crippen molar-refractivity contribution in [3.8, 4) is 0 Å². The van der Waals surface area contributed by atoms with Crippen LogP contribution < -0.4 is 0 Å². The molecule has 0 aliphatic carbocycles. The van der Waals surface area contributed by atoms with Crippen LogP contribution in [-0.2, 0) is 0 Å². The first-order chi connectivity index (χ1) is 8.61. The third-order valence-electron chi connectivity index (χ3n) is 3.84. The molecular formula is C16H30N2. The molecule has 0 amide bonds. The largest absolute Gasteiger partial charge is 0.181 e. The summed E-state index contributed by atoms with van der Waals surface area (Å²) in [4.78, 5) is 0. The zero-order valence-electron chi connectivity index (χ0n) is 12.7. The highest BCUT2D eigenvalue weighted by Gasteiger charge is 2.12. The molecule has 0 bridgehead atoms. The lowest BCUT2D eigenvalue weighted by molar-refractivity contribution is 0.473. The Kier molecular flexibility index (Phi) is 7.22. The van der Waals surface area contributed by atoms with Crippen molar-refractivity contribution in [1.82, 2.24) is 0 Å². The lowest BCUT2D eigenvalue weighted by Gasteiger charge is -2.08. The van der Waals surface area contributed by atoms with E-state index in [2.05, 4.69) is 44.0 Å². The van der Waals surface area contributed by atoms with Crippen LogP contribution in [0.25, 0.3) is 0 Å². The zero-order chi connectivity index (χ0) is 13.4. The number of rotatable bonds is 9. The van der Waals surface area contributed by atoms with Crippen LogP contribution in [0.5, 0.6) is 0 Å². The summed E-state index contributed by atoms with van der Waals surface area (Å²) in [5, 5.41) is 8.67. The molecule has 1 aliphatic heterocycles. The fourth-order valence-corrected chi connectivity index (χ4v) is 2.20. The Labute approximate surface area is 113 Å². The first-order valence-electron chi connectivity index (χ1n) is 7.73. The number of hydrogen-bond acceptors (Lipinski definition) is 2. The zero-order valence-corrected chi connectivity index (χ0v) is 12.7. The highest BCUT2D eigenvalue weighted by atomic mass is 15.1. The third kappa shape index (κ3) is 6.32. The topological polar surface area (TPSA) is 24.7 Å². The molecular weight excluding hydrogens is 220 g/mol. The summed E-state index contributed by atoms with van der Waals surface area (Å²) in [6.45, 7) is 9.15. The molecule has 0 N–H and O–H groups in total. The minimum atomic E-state index is 0.379. The number of allylic oxidation sites excluding steroid dienone is 1. The van der Waals surface area contributed by atoms with Gasteiger partial charge in [-0.1, -0.05) is 53.4 Å². The van der Waals surface area contributed by atoms with Gasteiger partial charge < -0.3 is 0 Å². The van der Waals surface area contributed by atoms with Gasteiger partial charge in [-0.05, 0) is 37.2 Å². The van der Waals surface area contributed by atoms with E-state index >= 15 is 0 Å². The van der Waals surface area contributed by atoms with Gasteiger partial charge in [-0.25, -0.2) is 0 Å². The molecule has 0 saturated heterocycles. The Balaban J connectivity index is 2.12. The van der Waals surface area contributed by atoms with E-state index in [4.69, 9.17) is 0 Å². The lowest BCUT2D eigenvalue weighted by Crippen LogP contribution is -1.98. The first kappa shape index (κ1) is 15.4. The van der Waals surface area contributed by atoms with Crippen molar-refractivity contribution >= 4 is 0 Å². The Morgan fingerprint density at radius 3 is 2.61 bits per heavy atom. The quantitative estimate of drug-likeness (QED) is 0.466. The van der Waals surface area contributed by atoms with E-state index in [9.17, 15) is 0 Å². The van der Waals surface area contributed by atoms with E-state index in [0.29, 0.717) is 6.04 Å². The van der Waals surface area contributed by atoms with Gasteiger partial charge in [0.2, 0.25) is 0 Å². The molecule has 1 unspecified atom stereocenters. The van der Waals surface area contributed by atoms with Gasteiger partial charge in [0.25, 0.3) is 0 Å². The molecule has 1 heterocycles. The second-order valence-electron chi connectivity index (χ2n) is 6.17.